The maximum atomic E-state index is 13.8. The van der Waals surface area contributed by atoms with Crippen LogP contribution < -0.4 is 4.74 Å². The molecule has 7 heteroatoms. The van der Waals surface area contributed by atoms with Crippen molar-refractivity contribution in [2.45, 2.75) is 58.7 Å². The SMILES string of the molecule is CCCCN(Cc1nc2ccccc2n1Cc1ccccc1CN1CCCCC1)C(=O)c1ccc(OC)c(Cl)c1. The summed E-state index contributed by atoms with van der Waals surface area (Å²) in [6.45, 7) is 7.22. The smallest absolute Gasteiger partial charge is 0.254 e. The van der Waals surface area contributed by atoms with E-state index < -0.39 is 0 Å². The maximum Gasteiger partial charge on any atom is 0.254 e. The monoisotopic (exact) mass is 558 g/mol. The van der Waals surface area contributed by atoms with Gasteiger partial charge in [0.2, 0.25) is 0 Å². The van der Waals surface area contributed by atoms with Crippen LogP contribution in [0.2, 0.25) is 5.02 Å². The Balaban J connectivity index is 1.46. The highest BCUT2D eigenvalue weighted by molar-refractivity contribution is 6.32. The van der Waals surface area contributed by atoms with Crippen LogP contribution in [-0.2, 0) is 19.6 Å². The van der Waals surface area contributed by atoms with E-state index in [1.807, 2.05) is 11.0 Å². The van der Waals surface area contributed by atoms with E-state index in [0.29, 0.717) is 36.0 Å². The number of carbonyl (C=O) groups is 1. The molecular weight excluding hydrogens is 520 g/mol. The van der Waals surface area contributed by atoms with Crippen molar-refractivity contribution < 1.29 is 9.53 Å². The van der Waals surface area contributed by atoms with E-state index in [4.69, 9.17) is 21.3 Å². The second kappa shape index (κ2) is 13.3. The Morgan fingerprint density at radius 1 is 0.975 bits per heavy atom. The van der Waals surface area contributed by atoms with Gasteiger partial charge in [0.25, 0.3) is 5.91 Å². The van der Waals surface area contributed by atoms with Crippen LogP contribution in [0.25, 0.3) is 11.0 Å². The number of hydrogen-bond donors (Lipinski definition) is 0. The van der Waals surface area contributed by atoms with Gasteiger partial charge < -0.3 is 14.2 Å². The average Bonchev–Trinajstić information content (AvgIpc) is 3.33. The minimum atomic E-state index is -0.0536. The normalized spacial score (nSPS) is 14.0. The third kappa shape index (κ3) is 6.51. The van der Waals surface area contributed by atoms with Crippen LogP contribution in [0, 0.1) is 0 Å². The number of likely N-dealkylation sites (tertiary alicyclic amines) is 1. The number of amides is 1. The highest BCUT2D eigenvalue weighted by Crippen LogP contribution is 2.27. The van der Waals surface area contributed by atoms with Gasteiger partial charge >= 0.3 is 0 Å². The number of halogens is 1. The molecule has 0 unspecified atom stereocenters. The standard InChI is InChI=1S/C33H39ClN4O2/c1-3-4-20-37(33(39)25-16-17-31(40-2)28(34)21-25)24-32-35-29-14-8-9-15-30(29)38(32)23-27-13-7-6-12-26(27)22-36-18-10-5-11-19-36/h6-9,12-17,21H,3-5,10-11,18-20,22-24H2,1-2H3. The zero-order chi connectivity index (χ0) is 27.9. The van der Waals surface area contributed by atoms with Gasteiger partial charge in [-0.3, -0.25) is 9.69 Å². The lowest BCUT2D eigenvalue weighted by molar-refractivity contribution is 0.0735. The van der Waals surface area contributed by atoms with Crippen molar-refractivity contribution in [3.05, 3.63) is 94.3 Å². The molecule has 0 N–H and O–H groups in total. The predicted molar refractivity (Wildman–Crippen MR) is 162 cm³/mol. The molecule has 0 atom stereocenters. The number of unbranched alkanes of at least 4 members (excludes halogenated alkanes) is 1. The molecule has 0 aliphatic carbocycles. The summed E-state index contributed by atoms with van der Waals surface area (Å²) >= 11 is 6.38. The lowest BCUT2D eigenvalue weighted by atomic mass is 10.0. The van der Waals surface area contributed by atoms with Gasteiger partial charge in [0.1, 0.15) is 11.6 Å². The first-order valence-corrected chi connectivity index (χ1v) is 14.8. The Morgan fingerprint density at radius 2 is 1.70 bits per heavy atom. The molecule has 40 heavy (non-hydrogen) atoms. The van der Waals surface area contributed by atoms with Crippen LogP contribution in [0.15, 0.2) is 66.7 Å². The number of imidazole rings is 1. The molecule has 210 valence electrons. The van der Waals surface area contributed by atoms with Crippen LogP contribution in [0.3, 0.4) is 0 Å². The molecule has 2 heterocycles. The average molecular weight is 559 g/mol. The van der Waals surface area contributed by atoms with Crippen molar-refractivity contribution in [3.63, 3.8) is 0 Å². The highest BCUT2D eigenvalue weighted by atomic mass is 35.5. The fourth-order valence-electron chi connectivity index (χ4n) is 5.57. The Hall–Kier alpha value is -3.35. The summed E-state index contributed by atoms with van der Waals surface area (Å²) in [6.07, 6.45) is 5.79. The predicted octanol–water partition coefficient (Wildman–Crippen LogP) is 7.18. The van der Waals surface area contributed by atoms with E-state index in [2.05, 4.69) is 58.9 Å². The van der Waals surface area contributed by atoms with Gasteiger partial charge in [0.15, 0.2) is 0 Å². The number of benzene rings is 3. The molecule has 0 radical (unpaired) electrons. The zero-order valence-electron chi connectivity index (χ0n) is 23.6. The van der Waals surface area contributed by atoms with Crippen LogP contribution in [0.1, 0.15) is 66.3 Å². The minimum Gasteiger partial charge on any atom is -0.495 e. The Labute approximate surface area is 242 Å². The third-order valence-electron chi connectivity index (χ3n) is 7.82. The third-order valence-corrected chi connectivity index (χ3v) is 8.12. The first-order chi connectivity index (χ1) is 19.6. The van der Waals surface area contributed by atoms with E-state index in [0.717, 1.165) is 49.3 Å². The van der Waals surface area contributed by atoms with Crippen molar-refractivity contribution >= 4 is 28.5 Å². The molecule has 4 aromatic rings. The minimum absolute atomic E-state index is 0.0536. The highest BCUT2D eigenvalue weighted by Gasteiger charge is 2.22. The molecule has 0 saturated carbocycles. The van der Waals surface area contributed by atoms with Crippen LogP contribution in [-0.4, -0.2) is 52.0 Å². The second-order valence-electron chi connectivity index (χ2n) is 10.6. The molecule has 1 aliphatic heterocycles. The largest absolute Gasteiger partial charge is 0.495 e. The van der Waals surface area contributed by atoms with Crippen LogP contribution in [0.4, 0.5) is 0 Å². The van der Waals surface area contributed by atoms with Crippen molar-refractivity contribution in [2.24, 2.45) is 0 Å². The number of hydrogen-bond acceptors (Lipinski definition) is 4. The van der Waals surface area contributed by atoms with Crippen molar-refractivity contribution in [1.82, 2.24) is 19.4 Å². The van der Waals surface area contributed by atoms with E-state index in [1.54, 1.807) is 25.3 Å². The first kappa shape index (κ1) is 28.2. The fraction of sp³-hybridized carbons (Fsp3) is 0.394. The molecule has 0 bridgehead atoms. The summed E-state index contributed by atoms with van der Waals surface area (Å²) in [5.74, 6) is 1.39. The molecule has 0 spiro atoms. The second-order valence-corrected chi connectivity index (χ2v) is 11.0. The molecule has 1 aliphatic rings. The fourth-order valence-corrected chi connectivity index (χ4v) is 5.83. The molecular formula is C33H39ClN4O2. The van der Waals surface area contributed by atoms with Crippen LogP contribution in [0.5, 0.6) is 5.75 Å². The summed E-state index contributed by atoms with van der Waals surface area (Å²) < 4.78 is 7.58. The molecule has 1 aromatic heterocycles. The number of ether oxygens (including phenoxy) is 1. The lowest BCUT2D eigenvalue weighted by Gasteiger charge is -2.27. The molecule has 1 saturated heterocycles. The number of rotatable bonds is 11. The number of nitrogens with zero attached hydrogens (tertiary/aromatic N) is 4. The molecule has 5 rings (SSSR count). The number of methoxy groups -OCH3 is 1. The Bertz CT molecular complexity index is 1440. The summed E-state index contributed by atoms with van der Waals surface area (Å²) in [4.78, 5) is 23.3. The topological polar surface area (TPSA) is 50.6 Å². The van der Waals surface area contributed by atoms with Gasteiger partial charge in [-0.1, -0.05) is 67.8 Å². The summed E-state index contributed by atoms with van der Waals surface area (Å²) in [6, 6.07) is 22.2. The van der Waals surface area contributed by atoms with Crippen molar-refractivity contribution in [2.75, 3.05) is 26.7 Å². The number of piperidine rings is 1. The van der Waals surface area contributed by atoms with Gasteiger partial charge in [0.05, 0.1) is 29.7 Å². The maximum absolute atomic E-state index is 13.8. The molecule has 1 fully saturated rings. The van der Waals surface area contributed by atoms with Crippen LogP contribution >= 0.6 is 11.6 Å². The lowest BCUT2D eigenvalue weighted by Crippen LogP contribution is -2.33. The molecule has 6 nitrogen and oxygen atoms in total. The quantitative estimate of drug-likeness (QED) is 0.196. The van der Waals surface area contributed by atoms with E-state index in [1.165, 1.54) is 30.4 Å². The van der Waals surface area contributed by atoms with Crippen molar-refractivity contribution in [1.29, 1.82) is 0 Å². The zero-order valence-corrected chi connectivity index (χ0v) is 24.4. The van der Waals surface area contributed by atoms with Gasteiger partial charge in [-0.15, -0.1) is 0 Å². The van der Waals surface area contributed by atoms with Gasteiger partial charge in [-0.25, -0.2) is 4.98 Å². The van der Waals surface area contributed by atoms with Gasteiger partial charge in [-0.2, -0.15) is 0 Å². The van der Waals surface area contributed by atoms with Gasteiger partial charge in [0, 0.05) is 25.2 Å². The Morgan fingerprint density at radius 3 is 2.42 bits per heavy atom. The summed E-state index contributed by atoms with van der Waals surface area (Å²) in [5.41, 5.74) is 5.24. The summed E-state index contributed by atoms with van der Waals surface area (Å²) in [5, 5.41) is 0.432. The van der Waals surface area contributed by atoms with E-state index >= 15 is 0 Å². The Kier molecular flexibility index (Phi) is 9.40. The number of carbonyl (C=O) groups excluding carboxylic acids is 1. The number of aromatic nitrogens is 2. The number of para-hydroxylation sites is 2. The molecule has 1 amide bonds. The van der Waals surface area contributed by atoms with Gasteiger partial charge in [-0.05, 0) is 73.8 Å². The van der Waals surface area contributed by atoms with Crippen molar-refractivity contribution in [3.8, 4) is 5.75 Å². The first-order valence-electron chi connectivity index (χ1n) is 14.4. The number of fused-ring (bicyclic) bond motifs is 1. The van der Waals surface area contributed by atoms with E-state index in [-0.39, 0.29) is 5.91 Å². The van der Waals surface area contributed by atoms with E-state index in [9.17, 15) is 4.79 Å². The summed E-state index contributed by atoms with van der Waals surface area (Å²) in [7, 11) is 1.57. The molecule has 3 aromatic carbocycles.